The van der Waals surface area contributed by atoms with Gasteiger partial charge in [0.2, 0.25) is 0 Å². The van der Waals surface area contributed by atoms with Crippen LogP contribution in [-0.2, 0) is 0 Å². The molecule has 6 aromatic carbocycles. The van der Waals surface area contributed by atoms with Crippen molar-refractivity contribution >= 4 is 39.6 Å². The molecule has 0 saturated heterocycles. The van der Waals surface area contributed by atoms with E-state index in [1.54, 1.807) is 0 Å². The van der Waals surface area contributed by atoms with E-state index in [1.807, 2.05) is 0 Å². The SMILES string of the molecule is Fc1cc(F)c2c(F)ccc(OB(Oc3ccc(F)c4c(F)cc(F)cc34)Oc3ccc(F)c4c(F)c(F)ccc34)c2c1. The maximum Gasteiger partial charge on any atom is 0.864 e. The van der Waals surface area contributed by atoms with Crippen LogP contribution in [0.4, 0.5) is 39.5 Å². The van der Waals surface area contributed by atoms with Gasteiger partial charge >= 0.3 is 7.32 Å². The predicted molar refractivity (Wildman–Crippen MR) is 139 cm³/mol. The summed E-state index contributed by atoms with van der Waals surface area (Å²) in [7, 11) is -2.11. The number of hydrogen-bond donors (Lipinski definition) is 0. The summed E-state index contributed by atoms with van der Waals surface area (Å²) < 4.78 is 146. The van der Waals surface area contributed by atoms with Crippen LogP contribution in [0.15, 0.2) is 72.8 Å². The second-order valence-corrected chi connectivity index (χ2v) is 9.18. The summed E-state index contributed by atoms with van der Waals surface area (Å²) in [5, 5.41) is -3.29. The average Bonchev–Trinajstić information content (AvgIpc) is 2.94. The Hall–Kier alpha value is -5.07. The normalized spacial score (nSPS) is 11.4. The highest BCUT2D eigenvalue weighted by molar-refractivity contribution is 6.40. The Morgan fingerprint density at radius 2 is 0.767 bits per heavy atom. The summed E-state index contributed by atoms with van der Waals surface area (Å²) in [6.07, 6.45) is 0. The molecule has 0 saturated carbocycles. The Labute approximate surface area is 235 Å². The fourth-order valence-electron chi connectivity index (χ4n) is 4.67. The van der Waals surface area contributed by atoms with Crippen LogP contribution in [0.2, 0.25) is 0 Å². The second kappa shape index (κ2) is 10.6. The smallest absolute Gasteiger partial charge is 0.489 e. The van der Waals surface area contributed by atoms with Gasteiger partial charge in [-0.2, -0.15) is 0 Å². The van der Waals surface area contributed by atoms with Gasteiger partial charge in [0.1, 0.15) is 58.0 Å². The van der Waals surface area contributed by atoms with Crippen LogP contribution in [0, 0.1) is 52.4 Å². The standard InChI is InChI=1S/C30H12BF9O3/c32-13-9-16-25(7-3-18(34)27(16)22(38)11-13)42-31(41-24-6-5-20(36)29-15(24)1-2-21(37)30(29)40)43-26-8-4-19(35)28-17(26)10-14(33)12-23(28)39/h1-12H. The summed E-state index contributed by atoms with van der Waals surface area (Å²) in [5.41, 5.74) is 0. The molecule has 0 aliphatic heterocycles. The zero-order valence-electron chi connectivity index (χ0n) is 21.1. The molecule has 216 valence electrons. The van der Waals surface area contributed by atoms with E-state index in [1.165, 1.54) is 0 Å². The molecule has 0 fully saturated rings. The van der Waals surface area contributed by atoms with Gasteiger partial charge in [-0.05, 0) is 60.7 Å². The van der Waals surface area contributed by atoms with E-state index < -0.39 is 98.1 Å². The van der Waals surface area contributed by atoms with E-state index in [0.29, 0.717) is 18.2 Å². The highest BCUT2D eigenvalue weighted by Crippen LogP contribution is 2.36. The zero-order valence-corrected chi connectivity index (χ0v) is 21.1. The van der Waals surface area contributed by atoms with Gasteiger partial charge in [-0.3, -0.25) is 0 Å². The number of rotatable bonds is 6. The summed E-state index contributed by atoms with van der Waals surface area (Å²) in [6, 6.07) is 9.31. The highest BCUT2D eigenvalue weighted by atomic mass is 19.2. The molecule has 43 heavy (non-hydrogen) atoms. The first-order valence-electron chi connectivity index (χ1n) is 12.2. The molecular formula is C30H12BF9O3. The second-order valence-electron chi connectivity index (χ2n) is 9.18. The van der Waals surface area contributed by atoms with Crippen LogP contribution in [0.5, 0.6) is 17.2 Å². The van der Waals surface area contributed by atoms with Crippen LogP contribution < -0.4 is 14.0 Å². The number of hydrogen-bond acceptors (Lipinski definition) is 3. The molecule has 0 amide bonds. The molecule has 0 aliphatic rings. The van der Waals surface area contributed by atoms with Crippen molar-refractivity contribution in [2.24, 2.45) is 0 Å². The largest absolute Gasteiger partial charge is 0.864 e. The van der Waals surface area contributed by atoms with E-state index in [0.717, 1.165) is 54.6 Å². The highest BCUT2D eigenvalue weighted by Gasteiger charge is 2.34. The molecule has 6 aromatic rings. The van der Waals surface area contributed by atoms with Crippen molar-refractivity contribution in [2.75, 3.05) is 0 Å². The van der Waals surface area contributed by atoms with Crippen molar-refractivity contribution in [1.82, 2.24) is 0 Å². The lowest BCUT2D eigenvalue weighted by atomic mass is 10.0. The van der Waals surface area contributed by atoms with Crippen LogP contribution in [-0.4, -0.2) is 7.32 Å². The molecule has 0 atom stereocenters. The molecule has 3 nitrogen and oxygen atoms in total. The van der Waals surface area contributed by atoms with Gasteiger partial charge in [0.25, 0.3) is 0 Å². The van der Waals surface area contributed by atoms with Crippen LogP contribution in [0.25, 0.3) is 32.3 Å². The lowest BCUT2D eigenvalue weighted by Crippen LogP contribution is -2.37. The zero-order chi connectivity index (χ0) is 30.6. The van der Waals surface area contributed by atoms with E-state index in [-0.39, 0.29) is 11.1 Å². The molecule has 13 heteroatoms. The number of halogens is 9. The Morgan fingerprint density at radius 3 is 1.23 bits per heavy atom. The average molecular weight is 602 g/mol. The molecule has 0 bridgehead atoms. The van der Waals surface area contributed by atoms with E-state index in [9.17, 15) is 39.5 Å². The topological polar surface area (TPSA) is 27.7 Å². The third-order valence-electron chi connectivity index (χ3n) is 6.53. The van der Waals surface area contributed by atoms with Crippen molar-refractivity contribution in [3.8, 4) is 17.2 Å². The molecule has 6 rings (SSSR count). The van der Waals surface area contributed by atoms with E-state index >= 15 is 0 Å². The third-order valence-corrected chi connectivity index (χ3v) is 6.53. The monoisotopic (exact) mass is 602 g/mol. The molecule has 0 spiro atoms. The van der Waals surface area contributed by atoms with Crippen molar-refractivity contribution in [2.45, 2.75) is 0 Å². The minimum absolute atomic E-state index is 0.307. The first-order valence-corrected chi connectivity index (χ1v) is 12.2. The van der Waals surface area contributed by atoms with Gasteiger partial charge < -0.3 is 14.0 Å². The Morgan fingerprint density at radius 1 is 0.372 bits per heavy atom. The van der Waals surface area contributed by atoms with Crippen LogP contribution in [0.3, 0.4) is 0 Å². The number of fused-ring (bicyclic) bond motifs is 3. The molecule has 0 heterocycles. The minimum atomic E-state index is -2.11. The summed E-state index contributed by atoms with van der Waals surface area (Å²) in [4.78, 5) is 0. The quantitative estimate of drug-likeness (QED) is 0.141. The molecular weight excluding hydrogens is 590 g/mol. The lowest BCUT2D eigenvalue weighted by Gasteiger charge is -2.20. The van der Waals surface area contributed by atoms with Crippen LogP contribution in [0.1, 0.15) is 0 Å². The van der Waals surface area contributed by atoms with E-state index in [2.05, 4.69) is 0 Å². The van der Waals surface area contributed by atoms with Crippen molar-refractivity contribution in [3.05, 3.63) is 125 Å². The molecule has 0 unspecified atom stereocenters. The summed E-state index contributed by atoms with van der Waals surface area (Å²) in [5.74, 6) is -12.2. The third kappa shape index (κ3) is 5.00. The first-order chi connectivity index (χ1) is 20.5. The predicted octanol–water partition coefficient (Wildman–Crippen LogP) is 8.92. The van der Waals surface area contributed by atoms with E-state index in [4.69, 9.17) is 14.0 Å². The Bertz CT molecular complexity index is 1990. The molecule has 0 radical (unpaired) electrons. The van der Waals surface area contributed by atoms with Gasteiger partial charge in [-0.1, -0.05) is 0 Å². The maximum atomic E-state index is 14.5. The van der Waals surface area contributed by atoms with Gasteiger partial charge in [0.15, 0.2) is 11.6 Å². The Kier molecular flexibility index (Phi) is 6.95. The van der Waals surface area contributed by atoms with Crippen molar-refractivity contribution < 1.29 is 53.5 Å². The van der Waals surface area contributed by atoms with Crippen molar-refractivity contribution in [1.29, 1.82) is 0 Å². The van der Waals surface area contributed by atoms with Gasteiger partial charge in [-0.25, -0.2) is 39.5 Å². The van der Waals surface area contributed by atoms with Crippen molar-refractivity contribution in [3.63, 3.8) is 0 Å². The van der Waals surface area contributed by atoms with Gasteiger partial charge in [-0.15, -0.1) is 0 Å². The first kappa shape index (κ1) is 28.1. The fourth-order valence-corrected chi connectivity index (χ4v) is 4.67. The van der Waals surface area contributed by atoms with Crippen LogP contribution >= 0.6 is 0 Å². The maximum absolute atomic E-state index is 14.5. The summed E-state index contributed by atoms with van der Waals surface area (Å²) >= 11 is 0. The van der Waals surface area contributed by atoms with Gasteiger partial charge in [0.05, 0.1) is 16.2 Å². The Balaban J connectivity index is 1.51. The summed E-state index contributed by atoms with van der Waals surface area (Å²) in [6.45, 7) is 0. The lowest BCUT2D eigenvalue weighted by molar-refractivity contribution is 0.311. The molecule has 0 aliphatic carbocycles. The number of benzene rings is 6. The molecule has 0 N–H and O–H groups in total. The minimum Gasteiger partial charge on any atom is -0.489 e. The molecule has 0 aromatic heterocycles. The van der Waals surface area contributed by atoms with Gasteiger partial charge in [0, 0.05) is 28.3 Å². The fraction of sp³-hybridized carbons (Fsp3) is 0.